The number of aromatic nitrogens is 2. The molecular formula is C16H21N3S. The average Bonchev–Trinajstić information content (AvgIpc) is 2.47. The molecule has 0 radical (unpaired) electrons. The van der Waals surface area contributed by atoms with Crippen molar-refractivity contribution < 1.29 is 0 Å². The summed E-state index contributed by atoms with van der Waals surface area (Å²) in [5.41, 5.74) is 3.56. The van der Waals surface area contributed by atoms with Gasteiger partial charge in [0.05, 0.1) is 5.75 Å². The van der Waals surface area contributed by atoms with E-state index in [1.807, 2.05) is 7.05 Å². The van der Waals surface area contributed by atoms with Crippen molar-refractivity contribution in [1.82, 2.24) is 9.97 Å². The third-order valence-electron chi connectivity index (χ3n) is 3.25. The molecule has 0 saturated carbocycles. The van der Waals surface area contributed by atoms with Gasteiger partial charge in [0.15, 0.2) is 0 Å². The van der Waals surface area contributed by atoms with Gasteiger partial charge in [-0.1, -0.05) is 24.6 Å². The van der Waals surface area contributed by atoms with Gasteiger partial charge in [-0.3, -0.25) is 0 Å². The van der Waals surface area contributed by atoms with Crippen molar-refractivity contribution in [3.63, 3.8) is 0 Å². The molecule has 0 aliphatic heterocycles. The molecule has 0 bridgehead atoms. The molecular weight excluding hydrogens is 266 g/mol. The minimum absolute atomic E-state index is 0.797. The van der Waals surface area contributed by atoms with E-state index in [1.54, 1.807) is 11.8 Å². The highest BCUT2D eigenvalue weighted by atomic mass is 32.2. The maximum absolute atomic E-state index is 4.66. The van der Waals surface area contributed by atoms with Crippen LogP contribution in [0.1, 0.15) is 29.6 Å². The summed E-state index contributed by atoms with van der Waals surface area (Å²) >= 11 is 1.77. The van der Waals surface area contributed by atoms with Gasteiger partial charge in [0.2, 0.25) is 0 Å². The molecule has 0 unspecified atom stereocenters. The molecule has 106 valence electrons. The molecule has 1 aromatic carbocycles. The van der Waals surface area contributed by atoms with E-state index in [0.717, 1.165) is 35.1 Å². The first-order valence-electron chi connectivity index (χ1n) is 6.87. The van der Waals surface area contributed by atoms with E-state index in [4.69, 9.17) is 0 Å². The number of benzene rings is 1. The fourth-order valence-corrected chi connectivity index (χ4v) is 2.80. The normalized spacial score (nSPS) is 10.6. The van der Waals surface area contributed by atoms with Gasteiger partial charge in [0.1, 0.15) is 11.6 Å². The summed E-state index contributed by atoms with van der Waals surface area (Å²) in [5, 5.41) is 3.16. The lowest BCUT2D eigenvalue weighted by Crippen LogP contribution is -2.06. The van der Waals surface area contributed by atoms with Crippen LogP contribution in [0.15, 0.2) is 29.2 Å². The summed E-state index contributed by atoms with van der Waals surface area (Å²) in [6, 6.07) is 8.56. The van der Waals surface area contributed by atoms with E-state index in [1.165, 1.54) is 10.5 Å². The van der Waals surface area contributed by atoms with E-state index in [0.29, 0.717) is 0 Å². The fourth-order valence-electron chi connectivity index (χ4n) is 2.05. The Morgan fingerprint density at radius 2 is 1.80 bits per heavy atom. The minimum atomic E-state index is 0.797. The van der Waals surface area contributed by atoms with Gasteiger partial charge >= 0.3 is 0 Å². The number of anilines is 1. The van der Waals surface area contributed by atoms with Crippen LogP contribution in [0, 0.1) is 13.8 Å². The van der Waals surface area contributed by atoms with Crippen LogP contribution in [0.2, 0.25) is 0 Å². The zero-order chi connectivity index (χ0) is 14.5. The second-order valence-electron chi connectivity index (χ2n) is 4.77. The molecule has 0 spiro atoms. The first-order chi connectivity index (χ1) is 9.63. The summed E-state index contributed by atoms with van der Waals surface area (Å²) in [5.74, 6) is 2.63. The Morgan fingerprint density at radius 3 is 2.40 bits per heavy atom. The van der Waals surface area contributed by atoms with Gasteiger partial charge in [-0.05, 0) is 32.4 Å². The second kappa shape index (κ2) is 6.75. The number of aryl methyl sites for hydroxylation is 2. The topological polar surface area (TPSA) is 37.8 Å². The summed E-state index contributed by atoms with van der Waals surface area (Å²) in [6.45, 7) is 6.30. The Bertz CT molecular complexity index is 554. The molecule has 0 saturated heterocycles. The van der Waals surface area contributed by atoms with Gasteiger partial charge in [-0.15, -0.1) is 11.8 Å². The SMILES string of the molecule is CCc1nc(CSc2ccc(C)cc2)nc(NC)c1C. The number of hydrogen-bond donors (Lipinski definition) is 1. The molecule has 3 nitrogen and oxygen atoms in total. The van der Waals surface area contributed by atoms with E-state index in [-0.39, 0.29) is 0 Å². The van der Waals surface area contributed by atoms with Crippen LogP contribution in [0.3, 0.4) is 0 Å². The van der Waals surface area contributed by atoms with Crippen LogP contribution >= 0.6 is 11.8 Å². The lowest BCUT2D eigenvalue weighted by Gasteiger charge is -2.11. The largest absolute Gasteiger partial charge is 0.373 e. The molecule has 0 amide bonds. The zero-order valence-corrected chi connectivity index (χ0v) is 13.3. The van der Waals surface area contributed by atoms with Crippen LogP contribution in [-0.2, 0) is 12.2 Å². The van der Waals surface area contributed by atoms with Crippen molar-refractivity contribution in [2.75, 3.05) is 12.4 Å². The molecule has 2 rings (SSSR count). The number of rotatable bonds is 5. The molecule has 0 atom stereocenters. The lowest BCUT2D eigenvalue weighted by molar-refractivity contribution is 0.920. The van der Waals surface area contributed by atoms with Crippen LogP contribution in [0.4, 0.5) is 5.82 Å². The molecule has 1 N–H and O–H groups in total. The molecule has 2 aromatic rings. The van der Waals surface area contributed by atoms with Gasteiger partial charge < -0.3 is 5.32 Å². The standard InChI is InChI=1S/C16H21N3S/c1-5-14-12(3)16(17-4)19-15(18-14)10-20-13-8-6-11(2)7-9-13/h6-9H,5,10H2,1-4H3,(H,17,18,19). The van der Waals surface area contributed by atoms with Gasteiger partial charge in [-0.2, -0.15) is 0 Å². The van der Waals surface area contributed by atoms with Crippen molar-refractivity contribution in [2.45, 2.75) is 37.8 Å². The summed E-state index contributed by atoms with van der Waals surface area (Å²) < 4.78 is 0. The number of nitrogens with zero attached hydrogens (tertiary/aromatic N) is 2. The van der Waals surface area contributed by atoms with E-state index < -0.39 is 0 Å². The molecule has 0 fully saturated rings. The van der Waals surface area contributed by atoms with Crippen LogP contribution in [-0.4, -0.2) is 17.0 Å². The fraction of sp³-hybridized carbons (Fsp3) is 0.375. The van der Waals surface area contributed by atoms with Crippen LogP contribution < -0.4 is 5.32 Å². The van der Waals surface area contributed by atoms with Crippen molar-refractivity contribution in [1.29, 1.82) is 0 Å². The van der Waals surface area contributed by atoms with E-state index in [2.05, 4.69) is 60.3 Å². The summed E-state index contributed by atoms with van der Waals surface area (Å²) in [4.78, 5) is 10.5. The highest BCUT2D eigenvalue weighted by Gasteiger charge is 2.09. The van der Waals surface area contributed by atoms with E-state index in [9.17, 15) is 0 Å². The summed E-state index contributed by atoms with van der Waals surface area (Å²) in [6.07, 6.45) is 0.936. The molecule has 0 aliphatic rings. The summed E-state index contributed by atoms with van der Waals surface area (Å²) in [7, 11) is 1.91. The van der Waals surface area contributed by atoms with Crippen molar-refractivity contribution in [3.05, 3.63) is 46.9 Å². The first-order valence-corrected chi connectivity index (χ1v) is 7.86. The molecule has 1 aromatic heterocycles. The maximum atomic E-state index is 4.66. The average molecular weight is 287 g/mol. The Hall–Kier alpha value is -1.55. The zero-order valence-electron chi connectivity index (χ0n) is 12.5. The Kier molecular flexibility index (Phi) is 5.01. The highest BCUT2D eigenvalue weighted by Crippen LogP contribution is 2.23. The quantitative estimate of drug-likeness (QED) is 0.844. The smallest absolute Gasteiger partial charge is 0.141 e. The predicted molar refractivity (Wildman–Crippen MR) is 86.4 cm³/mol. The van der Waals surface area contributed by atoms with Crippen molar-refractivity contribution in [2.24, 2.45) is 0 Å². The number of thioether (sulfide) groups is 1. The first kappa shape index (κ1) is 14.9. The highest BCUT2D eigenvalue weighted by molar-refractivity contribution is 7.98. The number of nitrogens with one attached hydrogen (secondary N) is 1. The predicted octanol–water partition coefficient (Wildman–Crippen LogP) is 3.99. The van der Waals surface area contributed by atoms with Crippen molar-refractivity contribution >= 4 is 17.6 Å². The molecule has 20 heavy (non-hydrogen) atoms. The third-order valence-corrected chi connectivity index (χ3v) is 4.26. The molecule has 1 heterocycles. The monoisotopic (exact) mass is 287 g/mol. The van der Waals surface area contributed by atoms with Gasteiger partial charge in [-0.25, -0.2) is 9.97 Å². The number of hydrogen-bond acceptors (Lipinski definition) is 4. The Labute approximate surface area is 125 Å². The third kappa shape index (κ3) is 3.51. The van der Waals surface area contributed by atoms with Gasteiger partial charge in [0.25, 0.3) is 0 Å². The van der Waals surface area contributed by atoms with Crippen LogP contribution in [0.5, 0.6) is 0 Å². The van der Waals surface area contributed by atoms with Crippen LogP contribution in [0.25, 0.3) is 0 Å². The second-order valence-corrected chi connectivity index (χ2v) is 5.81. The molecule has 0 aliphatic carbocycles. The lowest BCUT2D eigenvalue weighted by atomic mass is 10.2. The maximum Gasteiger partial charge on any atom is 0.141 e. The van der Waals surface area contributed by atoms with E-state index >= 15 is 0 Å². The molecule has 4 heteroatoms. The Balaban J connectivity index is 2.14. The van der Waals surface area contributed by atoms with Crippen molar-refractivity contribution in [3.8, 4) is 0 Å². The van der Waals surface area contributed by atoms with Gasteiger partial charge in [0, 0.05) is 23.2 Å². The Morgan fingerprint density at radius 1 is 1.10 bits per heavy atom. The minimum Gasteiger partial charge on any atom is -0.373 e.